The van der Waals surface area contributed by atoms with E-state index in [9.17, 15) is 8.60 Å². The van der Waals surface area contributed by atoms with E-state index in [0.29, 0.717) is 10.5 Å². The standard InChI is InChI=1S/C15H13FN2OS/c1-10-6-11(8-17)2-3-12(10)9-20(19)15-5-4-13(16)7-14(15)18/h2-7H,9,18H2,1H3. The van der Waals surface area contributed by atoms with Crippen molar-refractivity contribution in [3.05, 3.63) is 58.9 Å². The van der Waals surface area contributed by atoms with Gasteiger partial charge in [0.2, 0.25) is 0 Å². The van der Waals surface area contributed by atoms with Gasteiger partial charge in [0.15, 0.2) is 0 Å². The molecule has 2 rings (SSSR count). The Morgan fingerprint density at radius 2 is 2.05 bits per heavy atom. The highest BCUT2D eigenvalue weighted by Crippen LogP contribution is 2.21. The molecule has 0 fully saturated rings. The molecule has 0 saturated heterocycles. The molecular formula is C15H13FN2OS. The van der Waals surface area contributed by atoms with Crippen LogP contribution in [0.4, 0.5) is 10.1 Å². The van der Waals surface area contributed by atoms with E-state index in [1.807, 2.05) is 6.92 Å². The van der Waals surface area contributed by atoms with Gasteiger partial charge in [0, 0.05) is 0 Å². The maximum absolute atomic E-state index is 13.0. The van der Waals surface area contributed by atoms with Gasteiger partial charge in [-0.15, -0.1) is 0 Å². The normalized spacial score (nSPS) is 11.8. The summed E-state index contributed by atoms with van der Waals surface area (Å²) in [5.74, 6) is -0.161. The Balaban J connectivity index is 2.26. The number of rotatable bonds is 3. The highest BCUT2D eigenvalue weighted by Gasteiger charge is 2.11. The summed E-state index contributed by atoms with van der Waals surface area (Å²) in [4.78, 5) is 0.426. The first-order valence-electron chi connectivity index (χ1n) is 5.94. The van der Waals surface area contributed by atoms with Gasteiger partial charge in [-0.05, 0) is 48.4 Å². The van der Waals surface area contributed by atoms with Crippen LogP contribution in [0.1, 0.15) is 16.7 Å². The van der Waals surface area contributed by atoms with E-state index in [-0.39, 0.29) is 11.4 Å². The molecule has 0 aliphatic rings. The number of benzene rings is 2. The molecule has 5 heteroatoms. The van der Waals surface area contributed by atoms with Gasteiger partial charge in [0.25, 0.3) is 0 Å². The largest absolute Gasteiger partial charge is 0.398 e. The number of nitrogen functional groups attached to an aromatic ring is 1. The Morgan fingerprint density at radius 3 is 2.65 bits per heavy atom. The van der Waals surface area contributed by atoms with E-state index in [2.05, 4.69) is 6.07 Å². The molecule has 0 heterocycles. The van der Waals surface area contributed by atoms with Crippen molar-refractivity contribution in [1.29, 1.82) is 5.26 Å². The number of hydrogen-bond donors (Lipinski definition) is 1. The summed E-state index contributed by atoms with van der Waals surface area (Å²) in [5.41, 5.74) is 8.22. The summed E-state index contributed by atoms with van der Waals surface area (Å²) in [6.07, 6.45) is 0. The van der Waals surface area contributed by atoms with Crippen LogP contribution in [-0.4, -0.2) is 4.21 Å². The minimum atomic E-state index is -1.35. The zero-order chi connectivity index (χ0) is 14.7. The van der Waals surface area contributed by atoms with Crippen molar-refractivity contribution in [3.8, 4) is 6.07 Å². The average molecular weight is 288 g/mol. The number of nitriles is 1. The van der Waals surface area contributed by atoms with Crippen LogP contribution < -0.4 is 5.73 Å². The van der Waals surface area contributed by atoms with E-state index in [1.54, 1.807) is 18.2 Å². The second-order valence-electron chi connectivity index (χ2n) is 4.43. The lowest BCUT2D eigenvalue weighted by Gasteiger charge is -2.08. The van der Waals surface area contributed by atoms with Crippen molar-refractivity contribution < 1.29 is 8.60 Å². The number of nitrogens with zero attached hydrogens (tertiary/aromatic N) is 1. The Labute approximate surface area is 119 Å². The van der Waals surface area contributed by atoms with Gasteiger partial charge in [0.1, 0.15) is 5.82 Å². The molecule has 0 aliphatic carbocycles. The van der Waals surface area contributed by atoms with Crippen LogP contribution in [0.15, 0.2) is 41.3 Å². The average Bonchev–Trinajstić information content (AvgIpc) is 2.40. The molecule has 0 bridgehead atoms. The smallest absolute Gasteiger partial charge is 0.125 e. The molecule has 20 heavy (non-hydrogen) atoms. The van der Waals surface area contributed by atoms with E-state index >= 15 is 0 Å². The molecule has 0 spiro atoms. The van der Waals surface area contributed by atoms with Crippen LogP contribution in [0, 0.1) is 24.1 Å². The molecule has 0 aliphatic heterocycles. The maximum atomic E-state index is 13.0. The summed E-state index contributed by atoms with van der Waals surface area (Å²) in [6, 6.07) is 11.1. The fourth-order valence-corrected chi connectivity index (χ4v) is 3.18. The number of halogens is 1. The number of anilines is 1. The first-order valence-corrected chi connectivity index (χ1v) is 7.26. The van der Waals surface area contributed by atoms with Gasteiger partial charge in [0.05, 0.1) is 38.8 Å². The van der Waals surface area contributed by atoms with Crippen LogP contribution in [0.3, 0.4) is 0 Å². The highest BCUT2D eigenvalue weighted by atomic mass is 32.2. The lowest BCUT2D eigenvalue weighted by molar-refractivity contribution is 0.627. The fraction of sp³-hybridized carbons (Fsp3) is 0.133. The Morgan fingerprint density at radius 1 is 1.30 bits per heavy atom. The number of hydrogen-bond acceptors (Lipinski definition) is 3. The number of aryl methyl sites for hydroxylation is 1. The van der Waals surface area contributed by atoms with Crippen molar-refractivity contribution in [1.82, 2.24) is 0 Å². The third kappa shape index (κ3) is 3.03. The van der Waals surface area contributed by atoms with Crippen molar-refractivity contribution in [3.63, 3.8) is 0 Å². The Bertz CT molecular complexity index is 722. The second kappa shape index (κ2) is 5.85. The zero-order valence-corrected chi connectivity index (χ0v) is 11.7. The van der Waals surface area contributed by atoms with E-state index < -0.39 is 16.6 Å². The Kier molecular flexibility index (Phi) is 4.16. The van der Waals surface area contributed by atoms with Gasteiger partial charge < -0.3 is 5.73 Å². The van der Waals surface area contributed by atoms with Crippen LogP contribution in [0.2, 0.25) is 0 Å². The van der Waals surface area contributed by atoms with Crippen molar-refractivity contribution in [2.45, 2.75) is 17.6 Å². The topological polar surface area (TPSA) is 66.9 Å². The van der Waals surface area contributed by atoms with E-state index in [4.69, 9.17) is 11.0 Å². The lowest BCUT2D eigenvalue weighted by Crippen LogP contribution is -2.02. The quantitative estimate of drug-likeness (QED) is 0.883. The third-order valence-electron chi connectivity index (χ3n) is 2.98. The van der Waals surface area contributed by atoms with Gasteiger partial charge in [-0.3, -0.25) is 4.21 Å². The SMILES string of the molecule is Cc1cc(C#N)ccc1CS(=O)c1ccc(F)cc1N. The molecule has 0 aromatic heterocycles. The summed E-state index contributed by atoms with van der Waals surface area (Å²) < 4.78 is 25.3. The van der Waals surface area contributed by atoms with Crippen molar-refractivity contribution in [2.24, 2.45) is 0 Å². The van der Waals surface area contributed by atoms with Crippen LogP contribution in [0.25, 0.3) is 0 Å². The summed E-state index contributed by atoms with van der Waals surface area (Å²) in [6.45, 7) is 1.86. The molecule has 1 unspecified atom stereocenters. The monoisotopic (exact) mass is 288 g/mol. The van der Waals surface area contributed by atoms with Crippen molar-refractivity contribution in [2.75, 3.05) is 5.73 Å². The molecule has 0 amide bonds. The molecular weight excluding hydrogens is 275 g/mol. The first kappa shape index (κ1) is 14.2. The molecule has 0 saturated carbocycles. The molecule has 1 atom stereocenters. The zero-order valence-electron chi connectivity index (χ0n) is 10.9. The molecule has 2 aromatic rings. The van der Waals surface area contributed by atoms with Gasteiger partial charge in [-0.1, -0.05) is 6.07 Å². The predicted molar refractivity (Wildman–Crippen MR) is 76.8 cm³/mol. The van der Waals surface area contributed by atoms with Crippen LogP contribution in [0.5, 0.6) is 0 Å². The second-order valence-corrected chi connectivity index (χ2v) is 5.84. The van der Waals surface area contributed by atoms with Gasteiger partial charge >= 0.3 is 0 Å². The fourth-order valence-electron chi connectivity index (χ4n) is 1.87. The molecule has 0 radical (unpaired) electrons. The molecule has 102 valence electrons. The molecule has 2 aromatic carbocycles. The maximum Gasteiger partial charge on any atom is 0.125 e. The number of nitrogens with two attached hydrogens (primary N) is 1. The van der Waals surface area contributed by atoms with Crippen molar-refractivity contribution >= 4 is 16.5 Å². The molecule has 3 nitrogen and oxygen atoms in total. The minimum absolute atomic E-state index is 0.189. The first-order chi connectivity index (χ1) is 9.51. The predicted octanol–water partition coefficient (Wildman–Crippen LogP) is 2.90. The minimum Gasteiger partial charge on any atom is -0.398 e. The summed E-state index contributed by atoms with van der Waals surface area (Å²) in [7, 11) is -1.35. The highest BCUT2D eigenvalue weighted by molar-refractivity contribution is 7.84. The van der Waals surface area contributed by atoms with Gasteiger partial charge in [-0.2, -0.15) is 5.26 Å². The van der Waals surface area contributed by atoms with Crippen LogP contribution >= 0.6 is 0 Å². The van der Waals surface area contributed by atoms with E-state index in [0.717, 1.165) is 11.1 Å². The third-order valence-corrected chi connectivity index (χ3v) is 4.41. The molecule has 2 N–H and O–H groups in total. The Hall–Kier alpha value is -2.19. The van der Waals surface area contributed by atoms with Gasteiger partial charge in [-0.25, -0.2) is 4.39 Å². The van der Waals surface area contributed by atoms with E-state index in [1.165, 1.54) is 18.2 Å². The lowest BCUT2D eigenvalue weighted by atomic mass is 10.1. The summed E-state index contributed by atoms with van der Waals surface area (Å²) in [5, 5.41) is 8.81. The summed E-state index contributed by atoms with van der Waals surface area (Å²) >= 11 is 0. The van der Waals surface area contributed by atoms with Crippen LogP contribution in [-0.2, 0) is 16.6 Å².